The molecule has 1 rings (SSSR count). The number of anilines is 1. The van der Waals surface area contributed by atoms with Crippen molar-refractivity contribution in [3.05, 3.63) is 22.6 Å². The van der Waals surface area contributed by atoms with Crippen LogP contribution in [-0.4, -0.2) is 40.2 Å². The van der Waals surface area contributed by atoms with Crippen molar-refractivity contribution in [3.63, 3.8) is 0 Å². The smallest absolute Gasteiger partial charge is 0.269 e. The average Bonchev–Trinajstić information content (AvgIpc) is 2.40. The molecule has 1 N–H and O–H groups in total. The number of nitrogens with zero attached hydrogens (tertiary/aromatic N) is 3. The summed E-state index contributed by atoms with van der Waals surface area (Å²) in [7, 11) is 0. The fourth-order valence-electron chi connectivity index (χ4n) is 1.78. The zero-order chi connectivity index (χ0) is 15.1. The second-order valence-corrected chi connectivity index (χ2v) is 5.08. The Balaban J connectivity index is 2.73. The summed E-state index contributed by atoms with van der Waals surface area (Å²) in [6.45, 7) is 10.0. The molecule has 0 bridgehead atoms. The van der Waals surface area contributed by atoms with Crippen molar-refractivity contribution < 1.29 is 4.79 Å². The van der Waals surface area contributed by atoms with E-state index in [2.05, 4.69) is 24.3 Å². The maximum atomic E-state index is 11.9. The van der Waals surface area contributed by atoms with Crippen LogP contribution in [0.2, 0.25) is 0 Å². The molecule has 0 spiro atoms. The molecule has 0 aliphatic heterocycles. The van der Waals surface area contributed by atoms with Crippen LogP contribution in [-0.2, 0) is 11.3 Å². The lowest BCUT2D eigenvalue weighted by molar-refractivity contribution is -0.131. The number of aromatic nitrogens is 2. The van der Waals surface area contributed by atoms with Crippen LogP contribution in [0.1, 0.15) is 27.7 Å². The molecule has 0 aliphatic carbocycles. The number of amides is 1. The number of hydrogen-bond acceptors (Lipinski definition) is 4. The van der Waals surface area contributed by atoms with Gasteiger partial charge in [0.15, 0.2) is 0 Å². The van der Waals surface area contributed by atoms with Crippen molar-refractivity contribution in [3.8, 4) is 0 Å². The van der Waals surface area contributed by atoms with Crippen molar-refractivity contribution in [1.82, 2.24) is 14.7 Å². The molecule has 0 aromatic carbocycles. The van der Waals surface area contributed by atoms with E-state index in [1.807, 2.05) is 13.8 Å². The van der Waals surface area contributed by atoms with Crippen LogP contribution < -0.4 is 10.9 Å². The Hall–Kier alpha value is -1.85. The largest absolute Gasteiger partial charge is 0.383 e. The fraction of sp³-hybridized carbons (Fsp3) is 0.643. The van der Waals surface area contributed by atoms with Crippen LogP contribution in [0, 0.1) is 5.92 Å². The minimum atomic E-state index is -0.265. The summed E-state index contributed by atoms with van der Waals surface area (Å²) in [5.74, 6) is 0.397. The zero-order valence-electron chi connectivity index (χ0n) is 12.7. The Morgan fingerprint density at radius 2 is 2.05 bits per heavy atom. The van der Waals surface area contributed by atoms with Gasteiger partial charge >= 0.3 is 0 Å². The molecule has 0 saturated heterocycles. The van der Waals surface area contributed by atoms with Gasteiger partial charge in [0.1, 0.15) is 6.54 Å². The van der Waals surface area contributed by atoms with E-state index < -0.39 is 0 Å². The van der Waals surface area contributed by atoms with Gasteiger partial charge < -0.3 is 10.2 Å². The monoisotopic (exact) mass is 280 g/mol. The van der Waals surface area contributed by atoms with E-state index in [-0.39, 0.29) is 18.0 Å². The number of carbonyl (C=O) groups is 1. The summed E-state index contributed by atoms with van der Waals surface area (Å²) in [6.07, 6.45) is 1.58. The van der Waals surface area contributed by atoms with Crippen molar-refractivity contribution >= 4 is 11.6 Å². The average molecular weight is 280 g/mol. The third-order valence-electron chi connectivity index (χ3n) is 2.99. The second-order valence-electron chi connectivity index (χ2n) is 5.08. The molecule has 0 aliphatic rings. The third kappa shape index (κ3) is 4.68. The van der Waals surface area contributed by atoms with E-state index in [1.54, 1.807) is 11.1 Å². The first-order valence-electron chi connectivity index (χ1n) is 7.06. The quantitative estimate of drug-likeness (QED) is 0.814. The molecular formula is C14H24N4O2. The molecule has 112 valence electrons. The van der Waals surface area contributed by atoms with E-state index in [0.717, 1.165) is 6.54 Å². The van der Waals surface area contributed by atoms with Crippen LogP contribution in [0.5, 0.6) is 0 Å². The second kappa shape index (κ2) is 7.67. The predicted octanol–water partition coefficient (Wildman–Crippen LogP) is 1.18. The number of carbonyl (C=O) groups excluding carboxylic acids is 1. The number of hydrogen-bond donors (Lipinski definition) is 1. The first kappa shape index (κ1) is 16.2. The van der Waals surface area contributed by atoms with Crippen molar-refractivity contribution in [2.45, 2.75) is 34.2 Å². The minimum absolute atomic E-state index is 0.00895. The van der Waals surface area contributed by atoms with Crippen LogP contribution >= 0.6 is 0 Å². The lowest BCUT2D eigenvalue weighted by atomic mass is 10.2. The Bertz CT molecular complexity index is 492. The highest BCUT2D eigenvalue weighted by atomic mass is 16.2. The van der Waals surface area contributed by atoms with Gasteiger partial charge in [-0.25, -0.2) is 4.68 Å². The van der Waals surface area contributed by atoms with Crippen molar-refractivity contribution in [2.75, 3.05) is 25.0 Å². The lowest BCUT2D eigenvalue weighted by Crippen LogP contribution is -2.37. The number of nitrogens with one attached hydrogen (secondary N) is 1. The van der Waals surface area contributed by atoms with Crippen LogP contribution in [0.3, 0.4) is 0 Å². The van der Waals surface area contributed by atoms with Gasteiger partial charge in [-0.1, -0.05) is 13.8 Å². The van der Waals surface area contributed by atoms with Gasteiger partial charge in [-0.15, -0.1) is 0 Å². The van der Waals surface area contributed by atoms with Crippen LogP contribution in [0.15, 0.2) is 17.1 Å². The Morgan fingerprint density at radius 1 is 1.40 bits per heavy atom. The Kier molecular flexibility index (Phi) is 6.21. The van der Waals surface area contributed by atoms with Gasteiger partial charge in [0.25, 0.3) is 5.56 Å². The molecule has 1 aromatic heterocycles. The van der Waals surface area contributed by atoms with Crippen LogP contribution in [0.25, 0.3) is 0 Å². The molecule has 0 atom stereocenters. The minimum Gasteiger partial charge on any atom is -0.383 e. The van der Waals surface area contributed by atoms with Gasteiger partial charge in [-0.2, -0.15) is 5.10 Å². The summed E-state index contributed by atoms with van der Waals surface area (Å²) in [4.78, 5) is 25.5. The Labute approximate surface area is 119 Å². The summed E-state index contributed by atoms with van der Waals surface area (Å²) < 4.78 is 1.20. The highest BCUT2D eigenvalue weighted by molar-refractivity contribution is 5.75. The van der Waals surface area contributed by atoms with Crippen LogP contribution in [0.4, 0.5) is 5.69 Å². The summed E-state index contributed by atoms with van der Waals surface area (Å²) in [6, 6.07) is 1.48. The molecule has 1 amide bonds. The first-order valence-corrected chi connectivity index (χ1v) is 7.06. The molecule has 0 unspecified atom stereocenters. The topological polar surface area (TPSA) is 67.2 Å². The van der Waals surface area contributed by atoms with Gasteiger partial charge in [-0.3, -0.25) is 9.59 Å². The molecule has 0 saturated carbocycles. The summed E-state index contributed by atoms with van der Waals surface area (Å²) in [5, 5.41) is 7.18. The summed E-state index contributed by atoms with van der Waals surface area (Å²) >= 11 is 0. The maximum Gasteiger partial charge on any atom is 0.269 e. The lowest BCUT2D eigenvalue weighted by Gasteiger charge is -2.18. The highest BCUT2D eigenvalue weighted by Gasteiger charge is 2.11. The van der Waals surface area contributed by atoms with Gasteiger partial charge in [0.05, 0.1) is 11.9 Å². The molecular weight excluding hydrogens is 256 g/mol. The molecule has 20 heavy (non-hydrogen) atoms. The molecule has 0 radical (unpaired) electrons. The first-order chi connectivity index (χ1) is 9.47. The van der Waals surface area contributed by atoms with E-state index in [4.69, 9.17) is 0 Å². The SMILES string of the molecule is CCN(CC)C(=O)Cn1ncc(NCC(C)C)cc1=O. The number of rotatable bonds is 7. The summed E-state index contributed by atoms with van der Waals surface area (Å²) in [5.41, 5.74) is 0.425. The molecule has 0 fully saturated rings. The predicted molar refractivity (Wildman–Crippen MR) is 79.8 cm³/mol. The van der Waals surface area contributed by atoms with Gasteiger partial charge in [-0.05, 0) is 19.8 Å². The number of likely N-dealkylation sites (N-methyl/N-ethyl adjacent to an activating group) is 1. The fourth-order valence-corrected chi connectivity index (χ4v) is 1.78. The normalized spacial score (nSPS) is 10.7. The molecule has 1 heterocycles. The van der Waals surface area contributed by atoms with E-state index in [1.165, 1.54) is 10.7 Å². The van der Waals surface area contributed by atoms with E-state index >= 15 is 0 Å². The third-order valence-corrected chi connectivity index (χ3v) is 2.99. The van der Waals surface area contributed by atoms with Gasteiger partial charge in [0.2, 0.25) is 5.91 Å². The Morgan fingerprint density at radius 3 is 2.55 bits per heavy atom. The highest BCUT2D eigenvalue weighted by Crippen LogP contribution is 2.02. The van der Waals surface area contributed by atoms with E-state index in [0.29, 0.717) is 24.7 Å². The molecule has 1 aromatic rings. The zero-order valence-corrected chi connectivity index (χ0v) is 12.7. The van der Waals surface area contributed by atoms with Gasteiger partial charge in [0, 0.05) is 25.7 Å². The standard InChI is InChI=1S/C14H24N4O2/c1-5-17(6-2)14(20)10-18-13(19)7-12(9-16-18)15-8-11(3)4/h7,9,11,15H,5-6,8,10H2,1-4H3. The maximum absolute atomic E-state index is 11.9. The molecule has 6 heteroatoms. The van der Waals surface area contributed by atoms with Crippen molar-refractivity contribution in [1.29, 1.82) is 0 Å². The molecule has 6 nitrogen and oxygen atoms in total. The van der Waals surface area contributed by atoms with E-state index in [9.17, 15) is 9.59 Å². The van der Waals surface area contributed by atoms with Crippen molar-refractivity contribution in [2.24, 2.45) is 5.92 Å².